The van der Waals surface area contributed by atoms with Gasteiger partial charge in [0.1, 0.15) is 0 Å². The van der Waals surface area contributed by atoms with E-state index in [1.807, 2.05) is 31.2 Å². The lowest BCUT2D eigenvalue weighted by Crippen LogP contribution is -2.43. The summed E-state index contributed by atoms with van der Waals surface area (Å²) in [6, 6.07) is 7.80. The van der Waals surface area contributed by atoms with E-state index in [0.29, 0.717) is 25.7 Å². The summed E-state index contributed by atoms with van der Waals surface area (Å²) in [7, 11) is -3.04. The van der Waals surface area contributed by atoms with Crippen molar-refractivity contribution in [1.29, 1.82) is 0 Å². The van der Waals surface area contributed by atoms with Crippen molar-refractivity contribution in [3.05, 3.63) is 41.6 Å². The maximum Gasteiger partial charge on any atom is 0.156 e. The standard InChI is InChI=1S/C17H19NO3S/c1-11-15(7-4-12-3-2-8-18-16(11)12)17(19)9-13-5-6-14(10-17)22(13,20)21/h2-4,7-8,13-14,19H,5-6,9-10H2,1H3. The highest BCUT2D eigenvalue weighted by Gasteiger charge is 2.53. The van der Waals surface area contributed by atoms with Gasteiger partial charge in [0.2, 0.25) is 0 Å². The van der Waals surface area contributed by atoms with Gasteiger partial charge in [-0.1, -0.05) is 18.2 Å². The third-order valence-corrected chi connectivity index (χ3v) is 8.06. The molecule has 1 aromatic heterocycles. The molecule has 0 spiro atoms. The van der Waals surface area contributed by atoms with Crippen molar-refractivity contribution < 1.29 is 13.5 Å². The Labute approximate surface area is 130 Å². The van der Waals surface area contributed by atoms with Gasteiger partial charge in [0.25, 0.3) is 0 Å². The molecule has 2 bridgehead atoms. The summed E-state index contributed by atoms with van der Waals surface area (Å²) in [5.74, 6) is 0. The van der Waals surface area contributed by atoms with Crippen LogP contribution in [-0.2, 0) is 15.4 Å². The number of aliphatic hydroxyl groups is 1. The van der Waals surface area contributed by atoms with Gasteiger partial charge in [-0.05, 0) is 49.8 Å². The minimum absolute atomic E-state index is 0.311. The summed E-state index contributed by atoms with van der Waals surface area (Å²) in [6.07, 6.45) is 3.73. The Hall–Kier alpha value is -1.46. The second-order valence-corrected chi connectivity index (χ2v) is 9.17. The molecule has 3 heterocycles. The summed E-state index contributed by atoms with van der Waals surface area (Å²) in [5, 5.41) is 11.5. The zero-order chi connectivity index (χ0) is 15.5. The monoisotopic (exact) mass is 317 g/mol. The van der Waals surface area contributed by atoms with Gasteiger partial charge in [-0.3, -0.25) is 4.98 Å². The van der Waals surface area contributed by atoms with E-state index in [-0.39, 0.29) is 0 Å². The van der Waals surface area contributed by atoms with Crippen LogP contribution in [0.5, 0.6) is 0 Å². The molecule has 22 heavy (non-hydrogen) atoms. The topological polar surface area (TPSA) is 67.3 Å². The number of pyridine rings is 1. The van der Waals surface area contributed by atoms with Crippen LogP contribution in [0.1, 0.15) is 36.8 Å². The first-order valence-corrected chi connectivity index (χ1v) is 9.33. The first kappa shape index (κ1) is 14.2. The van der Waals surface area contributed by atoms with Crippen LogP contribution in [0.4, 0.5) is 0 Å². The molecule has 4 rings (SSSR count). The molecule has 2 atom stereocenters. The highest BCUT2D eigenvalue weighted by Crippen LogP contribution is 2.48. The van der Waals surface area contributed by atoms with E-state index >= 15 is 0 Å². The molecule has 2 fully saturated rings. The van der Waals surface area contributed by atoms with Crippen molar-refractivity contribution in [3.63, 3.8) is 0 Å². The Balaban J connectivity index is 1.84. The Morgan fingerprint density at radius 2 is 1.86 bits per heavy atom. The summed E-state index contributed by atoms with van der Waals surface area (Å²) < 4.78 is 24.5. The fourth-order valence-corrected chi connectivity index (χ4v) is 6.75. The predicted octanol–water partition coefficient (Wildman–Crippen LogP) is 2.47. The van der Waals surface area contributed by atoms with E-state index in [1.165, 1.54) is 0 Å². The van der Waals surface area contributed by atoms with Crippen molar-refractivity contribution in [1.82, 2.24) is 4.98 Å². The van der Waals surface area contributed by atoms with Gasteiger partial charge in [0.05, 0.1) is 21.6 Å². The summed E-state index contributed by atoms with van der Waals surface area (Å²) >= 11 is 0. The van der Waals surface area contributed by atoms with Crippen LogP contribution < -0.4 is 0 Å². The third kappa shape index (κ3) is 1.85. The second-order valence-electron chi connectivity index (χ2n) is 6.66. The second kappa shape index (κ2) is 4.52. The largest absolute Gasteiger partial charge is 0.385 e. The van der Waals surface area contributed by atoms with Crippen LogP contribution in [0.2, 0.25) is 0 Å². The molecule has 2 aromatic rings. The molecule has 1 aromatic carbocycles. The molecule has 1 N–H and O–H groups in total. The number of hydrogen-bond donors (Lipinski definition) is 1. The molecule has 4 nitrogen and oxygen atoms in total. The summed E-state index contributed by atoms with van der Waals surface area (Å²) in [4.78, 5) is 4.42. The average Bonchev–Trinajstić information content (AvgIpc) is 2.66. The van der Waals surface area contributed by atoms with Gasteiger partial charge in [-0.15, -0.1) is 0 Å². The zero-order valence-electron chi connectivity index (χ0n) is 12.5. The van der Waals surface area contributed by atoms with Crippen LogP contribution in [0.3, 0.4) is 0 Å². The van der Waals surface area contributed by atoms with Crippen molar-refractivity contribution in [2.75, 3.05) is 0 Å². The molecular formula is C17H19NO3S. The lowest BCUT2D eigenvalue weighted by molar-refractivity contribution is 0.0169. The predicted molar refractivity (Wildman–Crippen MR) is 85.3 cm³/mol. The normalized spacial score (nSPS) is 33.2. The highest BCUT2D eigenvalue weighted by atomic mass is 32.2. The molecule has 0 radical (unpaired) electrons. The number of aromatic nitrogens is 1. The highest BCUT2D eigenvalue weighted by molar-refractivity contribution is 7.93. The fourth-order valence-electron chi connectivity index (χ4n) is 4.26. The molecule has 5 heteroatoms. The molecular weight excluding hydrogens is 298 g/mol. The summed E-state index contributed by atoms with van der Waals surface area (Å²) in [6.45, 7) is 1.97. The van der Waals surface area contributed by atoms with Gasteiger partial charge in [-0.25, -0.2) is 8.42 Å². The minimum atomic E-state index is -3.04. The molecule has 0 saturated carbocycles. The average molecular weight is 317 g/mol. The van der Waals surface area contributed by atoms with E-state index < -0.39 is 25.9 Å². The van der Waals surface area contributed by atoms with Crippen molar-refractivity contribution in [2.45, 2.75) is 48.7 Å². The molecule has 2 aliphatic heterocycles. The van der Waals surface area contributed by atoms with Crippen LogP contribution >= 0.6 is 0 Å². The van der Waals surface area contributed by atoms with Crippen molar-refractivity contribution in [3.8, 4) is 0 Å². The van der Waals surface area contributed by atoms with Crippen LogP contribution in [0, 0.1) is 6.92 Å². The van der Waals surface area contributed by atoms with Crippen LogP contribution in [0.25, 0.3) is 10.9 Å². The number of rotatable bonds is 1. The smallest absolute Gasteiger partial charge is 0.156 e. The minimum Gasteiger partial charge on any atom is -0.385 e. The number of aryl methyl sites for hydroxylation is 1. The molecule has 116 valence electrons. The van der Waals surface area contributed by atoms with Gasteiger partial charge < -0.3 is 5.11 Å². The Bertz CT molecular complexity index is 839. The van der Waals surface area contributed by atoms with Crippen LogP contribution in [0.15, 0.2) is 30.5 Å². The lowest BCUT2D eigenvalue weighted by atomic mass is 9.82. The van der Waals surface area contributed by atoms with Gasteiger partial charge in [0, 0.05) is 11.6 Å². The van der Waals surface area contributed by atoms with E-state index in [9.17, 15) is 13.5 Å². The van der Waals surface area contributed by atoms with E-state index in [2.05, 4.69) is 4.98 Å². The van der Waals surface area contributed by atoms with Gasteiger partial charge in [0.15, 0.2) is 9.84 Å². The first-order chi connectivity index (χ1) is 10.4. The Morgan fingerprint density at radius 1 is 1.18 bits per heavy atom. The van der Waals surface area contributed by atoms with Gasteiger partial charge in [-0.2, -0.15) is 0 Å². The van der Waals surface area contributed by atoms with Gasteiger partial charge >= 0.3 is 0 Å². The van der Waals surface area contributed by atoms with E-state index in [4.69, 9.17) is 0 Å². The zero-order valence-corrected chi connectivity index (χ0v) is 13.3. The Morgan fingerprint density at radius 3 is 2.55 bits per heavy atom. The van der Waals surface area contributed by atoms with Crippen LogP contribution in [-0.4, -0.2) is 29.0 Å². The van der Waals surface area contributed by atoms with E-state index in [1.54, 1.807) is 6.20 Å². The fraction of sp³-hybridized carbons (Fsp3) is 0.471. The lowest BCUT2D eigenvalue weighted by Gasteiger charge is -2.37. The Kier molecular flexibility index (Phi) is 2.91. The number of benzene rings is 1. The molecule has 0 amide bonds. The number of nitrogens with zero attached hydrogens (tertiary/aromatic N) is 1. The third-order valence-electron chi connectivity index (χ3n) is 5.40. The van der Waals surface area contributed by atoms with E-state index in [0.717, 1.165) is 22.0 Å². The molecule has 0 aliphatic carbocycles. The molecule has 2 unspecified atom stereocenters. The molecule has 2 aliphatic rings. The maximum absolute atomic E-state index is 12.3. The van der Waals surface area contributed by atoms with Crippen molar-refractivity contribution in [2.24, 2.45) is 0 Å². The molecule has 2 saturated heterocycles. The quantitative estimate of drug-likeness (QED) is 0.877. The summed E-state index contributed by atoms with van der Waals surface area (Å²) in [5.41, 5.74) is 1.63. The maximum atomic E-state index is 12.3. The number of hydrogen-bond acceptors (Lipinski definition) is 4. The SMILES string of the molecule is Cc1c(C2(O)CC3CCC(C2)S3(=O)=O)ccc2cccnc12. The first-order valence-electron chi connectivity index (χ1n) is 7.72. The number of fused-ring (bicyclic) bond motifs is 3. The van der Waals surface area contributed by atoms with Crippen molar-refractivity contribution >= 4 is 20.7 Å². The number of sulfone groups is 1.